The molecule has 0 aliphatic carbocycles. The van der Waals surface area contributed by atoms with Crippen molar-refractivity contribution in [1.29, 1.82) is 0 Å². The molecule has 1 aromatic carbocycles. The molecule has 15 heavy (non-hydrogen) atoms. The van der Waals surface area contributed by atoms with Crippen LogP contribution in [0.1, 0.15) is 31.9 Å². The molecule has 0 fully saturated rings. The highest BCUT2D eigenvalue weighted by Gasteiger charge is 2.02. The van der Waals surface area contributed by atoms with Crippen molar-refractivity contribution in [3.05, 3.63) is 35.4 Å². The third-order valence-corrected chi connectivity index (χ3v) is 1.77. The van der Waals surface area contributed by atoms with Gasteiger partial charge in [0.05, 0.1) is 13.0 Å². The van der Waals surface area contributed by atoms with Gasteiger partial charge in [-0.05, 0) is 19.4 Å². The summed E-state index contributed by atoms with van der Waals surface area (Å²) in [6.45, 7) is 8.28. The maximum absolute atomic E-state index is 11.1. The molecule has 0 heterocycles. The minimum absolute atomic E-state index is 0.161. The lowest BCUT2D eigenvalue weighted by Crippen LogP contribution is -2.07. The summed E-state index contributed by atoms with van der Waals surface area (Å²) in [5, 5.41) is 0. The van der Waals surface area contributed by atoms with Gasteiger partial charge in [0.2, 0.25) is 0 Å². The Morgan fingerprint density at radius 3 is 2.20 bits per heavy atom. The Kier molecular flexibility index (Phi) is 7.33. The number of hydrogen-bond acceptors (Lipinski definition) is 2. The molecule has 84 valence electrons. The molecule has 0 atom stereocenters. The van der Waals surface area contributed by atoms with Gasteiger partial charge in [-0.25, -0.2) is 0 Å². The van der Waals surface area contributed by atoms with Gasteiger partial charge in [-0.2, -0.15) is 0 Å². The van der Waals surface area contributed by atoms with E-state index in [0.717, 1.165) is 5.56 Å². The SMILES string of the molecule is CC.CCOC(=O)Cc1ccc(C)cc1. The first-order valence-electron chi connectivity index (χ1n) is 5.43. The van der Waals surface area contributed by atoms with Crippen LogP contribution in [0, 0.1) is 6.92 Å². The van der Waals surface area contributed by atoms with Crippen LogP contribution < -0.4 is 0 Å². The summed E-state index contributed by atoms with van der Waals surface area (Å²) in [4.78, 5) is 11.1. The van der Waals surface area contributed by atoms with Crippen LogP contribution in [0.4, 0.5) is 0 Å². The van der Waals surface area contributed by atoms with Gasteiger partial charge in [-0.15, -0.1) is 0 Å². The molecule has 0 saturated carbocycles. The maximum atomic E-state index is 11.1. The molecule has 2 heteroatoms. The topological polar surface area (TPSA) is 26.3 Å². The first kappa shape index (κ1) is 13.7. The molecule has 0 saturated heterocycles. The van der Waals surface area contributed by atoms with E-state index in [1.807, 2.05) is 52.0 Å². The maximum Gasteiger partial charge on any atom is 0.310 e. The molecular weight excluding hydrogens is 188 g/mol. The fraction of sp³-hybridized carbons (Fsp3) is 0.462. The van der Waals surface area contributed by atoms with E-state index >= 15 is 0 Å². The fourth-order valence-electron chi connectivity index (χ4n) is 1.08. The number of benzene rings is 1. The van der Waals surface area contributed by atoms with E-state index in [2.05, 4.69) is 0 Å². The van der Waals surface area contributed by atoms with Crippen LogP contribution in [0.5, 0.6) is 0 Å². The van der Waals surface area contributed by atoms with E-state index in [0.29, 0.717) is 13.0 Å². The van der Waals surface area contributed by atoms with Crippen molar-refractivity contribution < 1.29 is 9.53 Å². The summed E-state index contributed by atoms with van der Waals surface area (Å²) < 4.78 is 4.84. The van der Waals surface area contributed by atoms with Crippen LogP contribution >= 0.6 is 0 Å². The number of ether oxygens (including phenoxy) is 1. The van der Waals surface area contributed by atoms with Crippen LogP contribution in [0.25, 0.3) is 0 Å². The van der Waals surface area contributed by atoms with Gasteiger partial charge in [0.15, 0.2) is 0 Å². The van der Waals surface area contributed by atoms with Gasteiger partial charge in [0, 0.05) is 0 Å². The lowest BCUT2D eigenvalue weighted by molar-refractivity contribution is -0.142. The van der Waals surface area contributed by atoms with E-state index in [1.165, 1.54) is 5.56 Å². The van der Waals surface area contributed by atoms with Gasteiger partial charge >= 0.3 is 5.97 Å². The Hall–Kier alpha value is -1.31. The van der Waals surface area contributed by atoms with Crippen molar-refractivity contribution >= 4 is 5.97 Å². The zero-order chi connectivity index (χ0) is 11.7. The van der Waals surface area contributed by atoms with Crippen molar-refractivity contribution in [3.8, 4) is 0 Å². The number of carbonyl (C=O) groups excluding carboxylic acids is 1. The summed E-state index contributed by atoms with van der Waals surface area (Å²) in [7, 11) is 0. The second-order valence-electron chi connectivity index (χ2n) is 2.97. The lowest BCUT2D eigenvalue weighted by Gasteiger charge is -2.01. The number of carbonyl (C=O) groups is 1. The van der Waals surface area contributed by atoms with E-state index in [1.54, 1.807) is 0 Å². The third-order valence-electron chi connectivity index (χ3n) is 1.77. The van der Waals surface area contributed by atoms with E-state index in [-0.39, 0.29) is 5.97 Å². The Labute approximate surface area is 92.3 Å². The quantitative estimate of drug-likeness (QED) is 0.713. The van der Waals surface area contributed by atoms with Gasteiger partial charge in [-0.1, -0.05) is 43.7 Å². The van der Waals surface area contributed by atoms with E-state index in [4.69, 9.17) is 4.74 Å². The second kappa shape index (κ2) is 8.04. The number of hydrogen-bond donors (Lipinski definition) is 0. The number of esters is 1. The molecule has 2 nitrogen and oxygen atoms in total. The van der Waals surface area contributed by atoms with Crippen molar-refractivity contribution in [1.82, 2.24) is 0 Å². The predicted octanol–water partition coefficient (Wildman–Crippen LogP) is 3.13. The van der Waals surface area contributed by atoms with E-state index < -0.39 is 0 Å². The van der Waals surface area contributed by atoms with Crippen LogP contribution in [-0.4, -0.2) is 12.6 Å². The van der Waals surface area contributed by atoms with Gasteiger partial charge < -0.3 is 4.74 Å². The third kappa shape index (κ3) is 5.89. The average molecular weight is 208 g/mol. The molecule has 0 spiro atoms. The number of aryl methyl sites for hydroxylation is 1. The molecule has 0 radical (unpaired) electrons. The summed E-state index contributed by atoms with van der Waals surface area (Å²) in [5.74, 6) is -0.161. The van der Waals surface area contributed by atoms with Crippen LogP contribution in [0.2, 0.25) is 0 Å². The van der Waals surface area contributed by atoms with Crippen LogP contribution in [-0.2, 0) is 16.0 Å². The zero-order valence-electron chi connectivity index (χ0n) is 10.0. The molecule has 0 aliphatic heterocycles. The van der Waals surface area contributed by atoms with Gasteiger partial charge in [-0.3, -0.25) is 4.79 Å². The first-order valence-corrected chi connectivity index (χ1v) is 5.43. The molecule has 0 aliphatic rings. The Morgan fingerprint density at radius 2 is 1.73 bits per heavy atom. The highest BCUT2D eigenvalue weighted by molar-refractivity contribution is 5.72. The second-order valence-corrected chi connectivity index (χ2v) is 2.97. The number of rotatable bonds is 3. The average Bonchev–Trinajstić information content (AvgIpc) is 2.25. The molecule has 0 amide bonds. The normalized spacial score (nSPS) is 8.80. The Balaban J connectivity index is 0.000000921. The Morgan fingerprint density at radius 1 is 1.20 bits per heavy atom. The standard InChI is InChI=1S/C11H14O2.C2H6/c1-3-13-11(12)8-10-6-4-9(2)5-7-10;1-2/h4-7H,3,8H2,1-2H3;1-2H3. The highest BCUT2D eigenvalue weighted by Crippen LogP contribution is 2.04. The largest absolute Gasteiger partial charge is 0.466 e. The highest BCUT2D eigenvalue weighted by atomic mass is 16.5. The fourth-order valence-corrected chi connectivity index (χ4v) is 1.08. The van der Waals surface area contributed by atoms with Gasteiger partial charge in [0.1, 0.15) is 0 Å². The molecule has 0 N–H and O–H groups in total. The minimum Gasteiger partial charge on any atom is -0.466 e. The molecule has 0 bridgehead atoms. The van der Waals surface area contributed by atoms with E-state index in [9.17, 15) is 4.79 Å². The lowest BCUT2D eigenvalue weighted by atomic mass is 10.1. The first-order chi connectivity index (χ1) is 7.22. The summed E-state index contributed by atoms with van der Waals surface area (Å²) in [6, 6.07) is 7.89. The van der Waals surface area contributed by atoms with Crippen molar-refractivity contribution in [2.75, 3.05) is 6.61 Å². The smallest absolute Gasteiger partial charge is 0.310 e. The summed E-state index contributed by atoms with van der Waals surface area (Å²) in [6.07, 6.45) is 0.369. The van der Waals surface area contributed by atoms with Crippen molar-refractivity contribution in [2.45, 2.75) is 34.1 Å². The van der Waals surface area contributed by atoms with Crippen molar-refractivity contribution in [3.63, 3.8) is 0 Å². The van der Waals surface area contributed by atoms with Crippen LogP contribution in [0.15, 0.2) is 24.3 Å². The molecule has 0 unspecified atom stereocenters. The summed E-state index contributed by atoms with van der Waals surface area (Å²) in [5.41, 5.74) is 2.21. The van der Waals surface area contributed by atoms with Crippen LogP contribution in [0.3, 0.4) is 0 Å². The molecule has 1 aromatic rings. The zero-order valence-corrected chi connectivity index (χ0v) is 10.0. The molecule has 0 aromatic heterocycles. The predicted molar refractivity (Wildman–Crippen MR) is 62.9 cm³/mol. The minimum atomic E-state index is -0.161. The van der Waals surface area contributed by atoms with Gasteiger partial charge in [0.25, 0.3) is 0 Å². The Bertz CT molecular complexity index is 275. The molecular formula is C13H20O2. The monoisotopic (exact) mass is 208 g/mol. The summed E-state index contributed by atoms with van der Waals surface area (Å²) >= 11 is 0. The molecule has 1 rings (SSSR count). The van der Waals surface area contributed by atoms with Crippen molar-refractivity contribution in [2.24, 2.45) is 0 Å².